The number of esters is 1. The van der Waals surface area contributed by atoms with Crippen molar-refractivity contribution < 1.29 is 19.1 Å². The second-order valence-electron chi connectivity index (χ2n) is 7.64. The van der Waals surface area contributed by atoms with Crippen LogP contribution in [0.4, 0.5) is 0 Å². The number of ether oxygens (including phenoxy) is 2. The lowest BCUT2D eigenvalue weighted by Crippen LogP contribution is -2.44. The van der Waals surface area contributed by atoms with Crippen LogP contribution >= 0.6 is 0 Å². The molecule has 1 heterocycles. The molecule has 1 aliphatic rings. The Morgan fingerprint density at radius 2 is 1.19 bits per heavy atom. The van der Waals surface area contributed by atoms with Gasteiger partial charge in [0.05, 0.1) is 19.8 Å². The zero-order valence-electron chi connectivity index (χ0n) is 17.5. The van der Waals surface area contributed by atoms with E-state index >= 15 is 0 Å². The quantitative estimate of drug-likeness (QED) is 0.230. The molecule has 0 atom stereocenters. The summed E-state index contributed by atoms with van der Waals surface area (Å²) in [4.78, 5) is 25.1. The molecule has 1 amide bonds. The smallest absolute Gasteiger partial charge is 0.397 e. The largest absolute Gasteiger partial charge is 0.459 e. The summed E-state index contributed by atoms with van der Waals surface area (Å²) in [5.41, 5.74) is 0. The Morgan fingerprint density at radius 1 is 0.741 bits per heavy atom. The lowest BCUT2D eigenvalue weighted by molar-refractivity contribution is -0.162. The van der Waals surface area contributed by atoms with Crippen molar-refractivity contribution in [2.24, 2.45) is 0 Å². The van der Waals surface area contributed by atoms with Crippen LogP contribution in [0, 0.1) is 0 Å². The first-order valence-electron chi connectivity index (χ1n) is 11.3. The molecule has 0 unspecified atom stereocenters. The summed E-state index contributed by atoms with van der Waals surface area (Å²) in [7, 11) is 0. The Hall–Kier alpha value is -1.10. The third-order valence-electron chi connectivity index (χ3n) is 5.20. The molecule has 158 valence electrons. The fraction of sp³-hybridized carbons (Fsp3) is 0.909. The maximum atomic E-state index is 11.9. The maximum Gasteiger partial charge on any atom is 0.397 e. The molecule has 5 heteroatoms. The maximum absolute atomic E-state index is 11.9. The summed E-state index contributed by atoms with van der Waals surface area (Å²) in [5, 5.41) is 0. The number of rotatable bonds is 15. The average Bonchev–Trinajstić information content (AvgIpc) is 2.70. The molecule has 1 aliphatic heterocycles. The molecule has 0 aromatic rings. The van der Waals surface area contributed by atoms with Gasteiger partial charge in [-0.3, -0.25) is 4.79 Å². The van der Waals surface area contributed by atoms with Gasteiger partial charge in [0.25, 0.3) is 0 Å². The molecule has 27 heavy (non-hydrogen) atoms. The highest BCUT2D eigenvalue weighted by Crippen LogP contribution is 2.13. The first-order chi connectivity index (χ1) is 13.3. The predicted octanol–water partition coefficient (Wildman–Crippen LogP) is 4.87. The standard InChI is InChI=1S/C22H41NO4/c1-2-3-4-5-6-7-8-9-10-11-12-13-14-15-18-27-22(25)21(24)23-16-19-26-20-17-23/h2-20H2,1H3. The first-order valence-corrected chi connectivity index (χ1v) is 11.3. The number of nitrogens with zero attached hydrogens (tertiary/aromatic N) is 1. The van der Waals surface area contributed by atoms with E-state index in [4.69, 9.17) is 9.47 Å². The number of carbonyl (C=O) groups excluding carboxylic acids is 2. The lowest BCUT2D eigenvalue weighted by Gasteiger charge is -2.25. The average molecular weight is 384 g/mol. The van der Waals surface area contributed by atoms with Gasteiger partial charge in [0.1, 0.15) is 0 Å². The van der Waals surface area contributed by atoms with Gasteiger partial charge in [0, 0.05) is 13.1 Å². The van der Waals surface area contributed by atoms with Crippen molar-refractivity contribution in [3.05, 3.63) is 0 Å². The minimum Gasteiger partial charge on any atom is -0.459 e. The van der Waals surface area contributed by atoms with E-state index in [0.29, 0.717) is 32.9 Å². The van der Waals surface area contributed by atoms with E-state index in [-0.39, 0.29) is 0 Å². The number of carbonyl (C=O) groups is 2. The Bertz CT molecular complexity index is 381. The molecule has 5 nitrogen and oxygen atoms in total. The highest BCUT2D eigenvalue weighted by Gasteiger charge is 2.24. The van der Waals surface area contributed by atoms with E-state index in [1.807, 2.05) is 0 Å². The van der Waals surface area contributed by atoms with Crippen LogP contribution in [-0.4, -0.2) is 49.7 Å². The van der Waals surface area contributed by atoms with Crippen molar-refractivity contribution >= 4 is 11.9 Å². The Balaban J connectivity index is 1.81. The van der Waals surface area contributed by atoms with Crippen LogP contribution in [0.15, 0.2) is 0 Å². The second kappa shape index (κ2) is 17.0. The molecule has 1 rings (SSSR count). The molecule has 0 spiro atoms. The van der Waals surface area contributed by atoms with Gasteiger partial charge in [0.2, 0.25) is 0 Å². The van der Waals surface area contributed by atoms with Crippen LogP contribution in [-0.2, 0) is 19.1 Å². The highest BCUT2D eigenvalue weighted by atomic mass is 16.5. The predicted molar refractivity (Wildman–Crippen MR) is 109 cm³/mol. The summed E-state index contributed by atoms with van der Waals surface area (Å²) in [6.45, 7) is 4.57. The molecule has 1 fully saturated rings. The number of morpholine rings is 1. The third-order valence-corrected chi connectivity index (χ3v) is 5.20. The van der Waals surface area contributed by atoms with E-state index in [1.54, 1.807) is 0 Å². The normalized spacial score (nSPS) is 14.3. The van der Waals surface area contributed by atoms with Gasteiger partial charge in [-0.1, -0.05) is 90.4 Å². The topological polar surface area (TPSA) is 55.8 Å². The molecule has 1 saturated heterocycles. The van der Waals surface area contributed by atoms with Crippen molar-refractivity contribution in [1.29, 1.82) is 0 Å². The summed E-state index contributed by atoms with van der Waals surface area (Å²) in [5.74, 6) is -1.24. The first kappa shape index (κ1) is 23.9. The molecular weight excluding hydrogens is 342 g/mol. The molecule has 0 bridgehead atoms. The molecule has 0 N–H and O–H groups in total. The zero-order valence-corrected chi connectivity index (χ0v) is 17.5. The summed E-state index contributed by atoms with van der Waals surface area (Å²) in [6, 6.07) is 0. The summed E-state index contributed by atoms with van der Waals surface area (Å²) < 4.78 is 10.3. The van der Waals surface area contributed by atoms with Gasteiger partial charge in [-0.2, -0.15) is 0 Å². The Labute approximate surface area is 166 Å². The Morgan fingerprint density at radius 3 is 1.67 bits per heavy atom. The van der Waals surface area contributed by atoms with Crippen molar-refractivity contribution in [1.82, 2.24) is 4.90 Å². The zero-order chi connectivity index (χ0) is 19.6. The lowest BCUT2D eigenvalue weighted by atomic mass is 10.0. The third kappa shape index (κ3) is 12.8. The van der Waals surface area contributed by atoms with Gasteiger partial charge in [-0.15, -0.1) is 0 Å². The monoisotopic (exact) mass is 383 g/mol. The Kier molecular flexibility index (Phi) is 15.1. The number of hydrogen-bond acceptors (Lipinski definition) is 4. The highest BCUT2D eigenvalue weighted by molar-refractivity contribution is 6.32. The molecular formula is C22H41NO4. The minimum atomic E-state index is -0.716. The van der Waals surface area contributed by atoms with Gasteiger partial charge >= 0.3 is 11.9 Å². The molecule has 0 aromatic heterocycles. The summed E-state index contributed by atoms with van der Waals surface area (Å²) in [6.07, 6.45) is 18.1. The van der Waals surface area contributed by atoms with Crippen molar-refractivity contribution in [3.8, 4) is 0 Å². The van der Waals surface area contributed by atoms with Crippen LogP contribution in [0.5, 0.6) is 0 Å². The molecule has 0 radical (unpaired) electrons. The fourth-order valence-corrected chi connectivity index (χ4v) is 3.42. The minimum absolute atomic E-state index is 0.354. The van der Waals surface area contributed by atoms with Crippen LogP contribution < -0.4 is 0 Å². The van der Waals surface area contributed by atoms with Crippen molar-refractivity contribution in [2.75, 3.05) is 32.9 Å². The van der Waals surface area contributed by atoms with Gasteiger partial charge in [-0.25, -0.2) is 4.79 Å². The molecule has 0 saturated carbocycles. The number of amides is 1. The van der Waals surface area contributed by atoms with Crippen LogP contribution in [0.2, 0.25) is 0 Å². The van der Waals surface area contributed by atoms with E-state index in [2.05, 4.69) is 6.92 Å². The van der Waals surface area contributed by atoms with Crippen LogP contribution in [0.3, 0.4) is 0 Å². The van der Waals surface area contributed by atoms with E-state index in [1.165, 1.54) is 81.9 Å². The number of unbranched alkanes of at least 4 members (excludes halogenated alkanes) is 13. The van der Waals surface area contributed by atoms with Crippen molar-refractivity contribution in [2.45, 2.75) is 96.8 Å². The SMILES string of the molecule is CCCCCCCCCCCCCCCCOC(=O)C(=O)N1CCOCC1. The fourth-order valence-electron chi connectivity index (χ4n) is 3.42. The van der Waals surface area contributed by atoms with Crippen molar-refractivity contribution in [3.63, 3.8) is 0 Å². The van der Waals surface area contributed by atoms with Gasteiger partial charge in [-0.05, 0) is 6.42 Å². The van der Waals surface area contributed by atoms with Gasteiger partial charge < -0.3 is 14.4 Å². The summed E-state index contributed by atoms with van der Waals surface area (Å²) >= 11 is 0. The van der Waals surface area contributed by atoms with E-state index in [9.17, 15) is 9.59 Å². The van der Waals surface area contributed by atoms with E-state index < -0.39 is 11.9 Å². The second-order valence-corrected chi connectivity index (χ2v) is 7.64. The van der Waals surface area contributed by atoms with Crippen LogP contribution in [0.25, 0.3) is 0 Å². The van der Waals surface area contributed by atoms with E-state index in [0.717, 1.165) is 12.8 Å². The van der Waals surface area contributed by atoms with Crippen LogP contribution in [0.1, 0.15) is 96.8 Å². The number of hydrogen-bond donors (Lipinski definition) is 0. The molecule has 0 aliphatic carbocycles. The van der Waals surface area contributed by atoms with Gasteiger partial charge in [0.15, 0.2) is 0 Å². The molecule has 0 aromatic carbocycles.